The lowest BCUT2D eigenvalue weighted by atomic mass is 10.1. The third kappa shape index (κ3) is 5.19. The Morgan fingerprint density at radius 1 is 0.875 bits per heavy atom. The fraction of sp³-hybridized carbons (Fsp3) is 0.231. The molecule has 1 N–H and O–H groups in total. The van der Waals surface area contributed by atoms with Gasteiger partial charge in [-0.15, -0.1) is 0 Å². The van der Waals surface area contributed by atoms with E-state index >= 15 is 0 Å². The second-order valence-corrected chi connectivity index (χ2v) is 8.81. The van der Waals surface area contributed by atoms with Crippen molar-refractivity contribution in [2.24, 2.45) is 0 Å². The van der Waals surface area contributed by atoms with Crippen LogP contribution in [0.4, 0.5) is 11.4 Å². The van der Waals surface area contributed by atoms with Crippen molar-refractivity contribution in [1.82, 2.24) is 4.90 Å². The van der Waals surface area contributed by atoms with Crippen LogP contribution in [0.5, 0.6) is 0 Å². The number of rotatable bonds is 5. The number of piperazine rings is 1. The number of nitrogens with one attached hydrogen (secondary N) is 1. The standard InChI is InChI=1S/C26H26BrN3O2/c1-19-6-2-3-7-20(19)18-25(31)30-16-14-29(15-17-30)22-12-10-21(11-13-22)28-26(32)23-8-4-5-9-24(23)27/h2-13H,14-18H2,1H3,(H,28,32). The Morgan fingerprint density at radius 3 is 2.22 bits per heavy atom. The number of amides is 2. The van der Waals surface area contributed by atoms with Crippen molar-refractivity contribution < 1.29 is 9.59 Å². The third-order valence-electron chi connectivity index (χ3n) is 5.84. The molecule has 0 bridgehead atoms. The lowest BCUT2D eigenvalue weighted by molar-refractivity contribution is -0.130. The van der Waals surface area contributed by atoms with Crippen molar-refractivity contribution in [2.75, 3.05) is 36.4 Å². The summed E-state index contributed by atoms with van der Waals surface area (Å²) in [6.07, 6.45) is 0.457. The van der Waals surface area contributed by atoms with Gasteiger partial charge in [-0.3, -0.25) is 9.59 Å². The Hall–Kier alpha value is -3.12. The Morgan fingerprint density at radius 2 is 1.53 bits per heavy atom. The summed E-state index contributed by atoms with van der Waals surface area (Å²) < 4.78 is 0.768. The molecule has 1 fully saturated rings. The molecule has 164 valence electrons. The van der Waals surface area contributed by atoms with E-state index in [2.05, 4.69) is 26.1 Å². The molecule has 0 atom stereocenters. The highest BCUT2D eigenvalue weighted by Gasteiger charge is 2.22. The molecule has 1 saturated heterocycles. The monoisotopic (exact) mass is 491 g/mol. The molecule has 1 aliphatic heterocycles. The van der Waals surface area contributed by atoms with Crippen LogP contribution < -0.4 is 10.2 Å². The molecule has 4 rings (SSSR count). The van der Waals surface area contributed by atoms with Crippen LogP contribution in [0, 0.1) is 6.92 Å². The maximum atomic E-state index is 12.7. The molecule has 1 heterocycles. The van der Waals surface area contributed by atoms with E-state index in [1.54, 1.807) is 6.07 Å². The molecule has 32 heavy (non-hydrogen) atoms. The Labute approximate surface area is 197 Å². The van der Waals surface area contributed by atoms with Crippen LogP contribution in [-0.2, 0) is 11.2 Å². The zero-order valence-corrected chi connectivity index (χ0v) is 19.6. The largest absolute Gasteiger partial charge is 0.368 e. The quantitative estimate of drug-likeness (QED) is 0.551. The highest BCUT2D eigenvalue weighted by molar-refractivity contribution is 9.10. The number of carbonyl (C=O) groups is 2. The van der Waals surface area contributed by atoms with E-state index in [9.17, 15) is 9.59 Å². The minimum atomic E-state index is -0.147. The van der Waals surface area contributed by atoms with Crippen LogP contribution in [-0.4, -0.2) is 42.9 Å². The molecule has 0 unspecified atom stereocenters. The van der Waals surface area contributed by atoms with E-state index in [4.69, 9.17) is 0 Å². The third-order valence-corrected chi connectivity index (χ3v) is 6.54. The molecule has 3 aromatic rings. The van der Waals surface area contributed by atoms with Crippen LogP contribution in [0.1, 0.15) is 21.5 Å². The number of carbonyl (C=O) groups excluding carboxylic acids is 2. The first-order valence-electron chi connectivity index (χ1n) is 10.7. The highest BCUT2D eigenvalue weighted by atomic mass is 79.9. The molecule has 0 spiro atoms. The molecule has 2 amide bonds. The van der Waals surface area contributed by atoms with Gasteiger partial charge in [0.1, 0.15) is 0 Å². The first kappa shape index (κ1) is 22.1. The number of hydrogen-bond acceptors (Lipinski definition) is 3. The van der Waals surface area contributed by atoms with Crippen molar-refractivity contribution in [3.05, 3.63) is 94.0 Å². The van der Waals surface area contributed by atoms with Gasteiger partial charge in [0, 0.05) is 42.0 Å². The molecule has 3 aromatic carbocycles. The van der Waals surface area contributed by atoms with E-state index in [0.29, 0.717) is 25.1 Å². The maximum Gasteiger partial charge on any atom is 0.256 e. The van der Waals surface area contributed by atoms with E-state index in [0.717, 1.165) is 40.1 Å². The molecule has 6 heteroatoms. The fourth-order valence-electron chi connectivity index (χ4n) is 3.90. The van der Waals surface area contributed by atoms with Gasteiger partial charge < -0.3 is 15.1 Å². The van der Waals surface area contributed by atoms with E-state index in [-0.39, 0.29) is 11.8 Å². The van der Waals surface area contributed by atoms with Gasteiger partial charge in [-0.25, -0.2) is 0 Å². The zero-order valence-electron chi connectivity index (χ0n) is 18.1. The van der Waals surface area contributed by atoms with Crippen LogP contribution in [0.2, 0.25) is 0 Å². The number of halogens is 1. The molecule has 1 aliphatic rings. The Kier molecular flexibility index (Phi) is 6.90. The van der Waals surface area contributed by atoms with E-state index in [1.807, 2.05) is 78.6 Å². The van der Waals surface area contributed by atoms with Crippen molar-refractivity contribution in [3.63, 3.8) is 0 Å². The summed E-state index contributed by atoms with van der Waals surface area (Å²) in [4.78, 5) is 29.4. The summed E-state index contributed by atoms with van der Waals surface area (Å²) in [6, 6.07) is 23.3. The SMILES string of the molecule is Cc1ccccc1CC(=O)N1CCN(c2ccc(NC(=O)c3ccccc3Br)cc2)CC1. The van der Waals surface area contributed by atoms with Crippen molar-refractivity contribution in [1.29, 1.82) is 0 Å². The van der Waals surface area contributed by atoms with Crippen LogP contribution >= 0.6 is 15.9 Å². The van der Waals surface area contributed by atoms with Crippen LogP contribution in [0.3, 0.4) is 0 Å². The van der Waals surface area contributed by atoms with E-state index in [1.165, 1.54) is 0 Å². The predicted octanol–water partition coefficient (Wildman–Crippen LogP) is 4.90. The topological polar surface area (TPSA) is 52.7 Å². The van der Waals surface area contributed by atoms with Gasteiger partial charge in [-0.05, 0) is 70.4 Å². The lowest BCUT2D eigenvalue weighted by Crippen LogP contribution is -2.49. The van der Waals surface area contributed by atoms with Gasteiger partial charge in [0.15, 0.2) is 0 Å². The van der Waals surface area contributed by atoms with Gasteiger partial charge in [0.2, 0.25) is 5.91 Å². The normalized spacial score (nSPS) is 13.7. The summed E-state index contributed by atoms with van der Waals surface area (Å²) in [5.41, 5.74) is 4.70. The second-order valence-electron chi connectivity index (χ2n) is 7.95. The van der Waals surface area contributed by atoms with Gasteiger partial charge in [0.05, 0.1) is 12.0 Å². The number of anilines is 2. The number of hydrogen-bond donors (Lipinski definition) is 1. The number of nitrogens with zero attached hydrogens (tertiary/aromatic N) is 2. The van der Waals surface area contributed by atoms with Gasteiger partial charge >= 0.3 is 0 Å². The van der Waals surface area contributed by atoms with Gasteiger partial charge in [-0.2, -0.15) is 0 Å². The summed E-state index contributed by atoms with van der Waals surface area (Å²) >= 11 is 3.42. The number of benzene rings is 3. The molecule has 5 nitrogen and oxygen atoms in total. The van der Waals surface area contributed by atoms with Gasteiger partial charge in [-0.1, -0.05) is 36.4 Å². The van der Waals surface area contributed by atoms with Gasteiger partial charge in [0.25, 0.3) is 5.91 Å². The molecular formula is C26H26BrN3O2. The molecule has 0 radical (unpaired) electrons. The average molecular weight is 492 g/mol. The fourth-order valence-corrected chi connectivity index (χ4v) is 4.36. The summed E-state index contributed by atoms with van der Waals surface area (Å²) in [5, 5.41) is 2.94. The molecule has 0 aromatic heterocycles. The van der Waals surface area contributed by atoms with Crippen LogP contribution in [0.15, 0.2) is 77.3 Å². The summed E-state index contributed by atoms with van der Waals surface area (Å²) in [7, 11) is 0. The van der Waals surface area contributed by atoms with E-state index < -0.39 is 0 Å². The second kappa shape index (κ2) is 10.0. The predicted molar refractivity (Wildman–Crippen MR) is 132 cm³/mol. The first-order chi connectivity index (χ1) is 15.5. The summed E-state index contributed by atoms with van der Waals surface area (Å²) in [6.45, 7) is 5.06. The first-order valence-corrected chi connectivity index (χ1v) is 11.5. The highest BCUT2D eigenvalue weighted by Crippen LogP contribution is 2.22. The zero-order chi connectivity index (χ0) is 22.5. The lowest BCUT2D eigenvalue weighted by Gasteiger charge is -2.36. The maximum absolute atomic E-state index is 12.7. The summed E-state index contributed by atoms with van der Waals surface area (Å²) in [5.74, 6) is 0.0371. The Balaban J connectivity index is 1.31. The van der Waals surface area contributed by atoms with Crippen LogP contribution in [0.25, 0.3) is 0 Å². The van der Waals surface area contributed by atoms with Crippen molar-refractivity contribution in [3.8, 4) is 0 Å². The Bertz CT molecular complexity index is 1110. The molecular weight excluding hydrogens is 466 g/mol. The smallest absolute Gasteiger partial charge is 0.256 e. The van der Waals surface area contributed by atoms with Crippen molar-refractivity contribution >= 4 is 39.1 Å². The minimum absolute atomic E-state index is 0.147. The van der Waals surface area contributed by atoms with Crippen molar-refractivity contribution in [2.45, 2.75) is 13.3 Å². The average Bonchev–Trinajstić information content (AvgIpc) is 2.81. The molecule has 0 aliphatic carbocycles. The molecule has 0 saturated carbocycles. The minimum Gasteiger partial charge on any atom is -0.368 e. The number of aryl methyl sites for hydroxylation is 1.